The first-order valence-corrected chi connectivity index (χ1v) is 10.9. The quantitative estimate of drug-likeness (QED) is 0.465. The van der Waals surface area contributed by atoms with Crippen molar-refractivity contribution in [2.45, 2.75) is 57.6 Å². The highest BCUT2D eigenvalue weighted by atomic mass is 32.2. The molecule has 3 nitrogen and oxygen atoms in total. The standard InChI is InChI=1S/C20H31NO2S/c1-18(2)24(22,23)17-9-5-3-4-6-10-19-11-13-20(14-12-19)21-15-7-8-16-21/h7-8,11-14,18H,3-6,9-10,15-17H2,1-2H3. The van der Waals surface area contributed by atoms with Crippen molar-refractivity contribution >= 4 is 15.5 Å². The summed E-state index contributed by atoms with van der Waals surface area (Å²) in [7, 11) is -2.85. The van der Waals surface area contributed by atoms with Gasteiger partial charge in [-0.05, 0) is 50.8 Å². The number of hydrogen-bond acceptors (Lipinski definition) is 3. The number of sulfone groups is 1. The summed E-state index contributed by atoms with van der Waals surface area (Å²) < 4.78 is 23.4. The molecule has 0 N–H and O–H groups in total. The molecule has 0 aromatic heterocycles. The Hall–Kier alpha value is -1.29. The first-order valence-electron chi connectivity index (χ1n) is 9.19. The van der Waals surface area contributed by atoms with Gasteiger partial charge in [0, 0.05) is 18.8 Å². The van der Waals surface area contributed by atoms with Gasteiger partial charge in [-0.1, -0.05) is 43.5 Å². The van der Waals surface area contributed by atoms with E-state index in [0.717, 1.165) is 38.8 Å². The van der Waals surface area contributed by atoms with Gasteiger partial charge in [0.1, 0.15) is 0 Å². The smallest absolute Gasteiger partial charge is 0.152 e. The van der Waals surface area contributed by atoms with Crippen molar-refractivity contribution in [1.29, 1.82) is 0 Å². The van der Waals surface area contributed by atoms with Crippen molar-refractivity contribution in [3.8, 4) is 0 Å². The van der Waals surface area contributed by atoms with Crippen molar-refractivity contribution in [1.82, 2.24) is 0 Å². The van der Waals surface area contributed by atoms with Gasteiger partial charge < -0.3 is 4.90 Å². The van der Waals surface area contributed by atoms with Crippen LogP contribution in [-0.2, 0) is 16.3 Å². The Morgan fingerprint density at radius 1 is 0.917 bits per heavy atom. The second-order valence-corrected chi connectivity index (χ2v) is 9.65. The molecule has 24 heavy (non-hydrogen) atoms. The molecule has 0 saturated carbocycles. The van der Waals surface area contributed by atoms with Crippen molar-refractivity contribution in [3.63, 3.8) is 0 Å². The summed E-state index contributed by atoms with van der Waals surface area (Å²) in [5.41, 5.74) is 2.70. The van der Waals surface area contributed by atoms with Gasteiger partial charge in [-0.3, -0.25) is 0 Å². The average molecular weight is 350 g/mol. The lowest BCUT2D eigenvalue weighted by Gasteiger charge is -2.17. The second-order valence-electron chi connectivity index (χ2n) is 6.98. The summed E-state index contributed by atoms with van der Waals surface area (Å²) in [6.45, 7) is 5.57. The van der Waals surface area contributed by atoms with Gasteiger partial charge in [-0.15, -0.1) is 0 Å². The summed E-state index contributed by atoms with van der Waals surface area (Å²) in [5, 5.41) is -0.239. The maximum atomic E-state index is 11.7. The third kappa shape index (κ3) is 5.97. The Morgan fingerprint density at radius 2 is 1.50 bits per heavy atom. The molecular formula is C20H31NO2S. The molecule has 0 atom stereocenters. The molecule has 0 bridgehead atoms. The Labute approximate surface area is 147 Å². The van der Waals surface area contributed by atoms with Crippen LogP contribution in [-0.4, -0.2) is 32.5 Å². The van der Waals surface area contributed by atoms with Crippen molar-refractivity contribution in [3.05, 3.63) is 42.0 Å². The van der Waals surface area contributed by atoms with E-state index >= 15 is 0 Å². The Kier molecular flexibility index (Phi) is 7.35. The molecule has 0 saturated heterocycles. The van der Waals surface area contributed by atoms with E-state index in [9.17, 15) is 8.42 Å². The summed E-state index contributed by atoms with van der Waals surface area (Å²) in [6, 6.07) is 8.92. The van der Waals surface area contributed by atoms with Crippen LogP contribution in [0.1, 0.15) is 51.5 Å². The molecule has 0 radical (unpaired) electrons. The van der Waals surface area contributed by atoms with Crippen LogP contribution in [0.15, 0.2) is 36.4 Å². The van der Waals surface area contributed by atoms with E-state index in [1.807, 2.05) is 0 Å². The highest BCUT2D eigenvalue weighted by molar-refractivity contribution is 7.91. The maximum absolute atomic E-state index is 11.7. The van der Waals surface area contributed by atoms with Crippen LogP contribution < -0.4 is 4.90 Å². The van der Waals surface area contributed by atoms with Crippen molar-refractivity contribution in [2.75, 3.05) is 23.7 Å². The first kappa shape index (κ1) is 19.0. The van der Waals surface area contributed by atoms with Crippen LogP contribution in [0.3, 0.4) is 0 Å². The fourth-order valence-electron chi connectivity index (χ4n) is 2.96. The van der Waals surface area contributed by atoms with Crippen LogP contribution in [0.25, 0.3) is 0 Å². The highest BCUT2D eigenvalue weighted by Crippen LogP contribution is 2.19. The largest absolute Gasteiger partial charge is 0.364 e. The molecule has 2 rings (SSSR count). The van der Waals surface area contributed by atoms with Gasteiger partial charge in [-0.25, -0.2) is 8.42 Å². The SMILES string of the molecule is CC(C)S(=O)(=O)CCCCCCCc1ccc(N2CC=CC2)cc1. The Balaban J connectivity index is 1.57. The van der Waals surface area contributed by atoms with Gasteiger partial charge >= 0.3 is 0 Å². The summed E-state index contributed by atoms with van der Waals surface area (Å²) >= 11 is 0. The van der Waals surface area contributed by atoms with E-state index in [0.29, 0.717) is 5.75 Å². The number of hydrogen-bond donors (Lipinski definition) is 0. The molecule has 0 amide bonds. The molecule has 1 aliphatic rings. The molecule has 0 unspecified atom stereocenters. The van der Waals surface area contributed by atoms with Crippen molar-refractivity contribution in [2.24, 2.45) is 0 Å². The van der Waals surface area contributed by atoms with Crippen LogP contribution in [0.2, 0.25) is 0 Å². The van der Waals surface area contributed by atoms with Crippen molar-refractivity contribution < 1.29 is 8.42 Å². The monoisotopic (exact) mass is 349 g/mol. The first-order chi connectivity index (χ1) is 11.5. The lowest BCUT2D eigenvalue weighted by molar-refractivity contribution is 0.577. The average Bonchev–Trinajstić information content (AvgIpc) is 3.09. The molecule has 134 valence electrons. The van der Waals surface area contributed by atoms with Gasteiger partial charge in [0.15, 0.2) is 9.84 Å². The molecule has 0 aliphatic carbocycles. The predicted octanol–water partition coefficient (Wildman–Crippen LogP) is 4.38. The zero-order chi connectivity index (χ0) is 17.4. The van der Waals surface area contributed by atoms with Crippen LogP contribution in [0.4, 0.5) is 5.69 Å². The van der Waals surface area contributed by atoms with E-state index in [1.54, 1.807) is 13.8 Å². The molecule has 0 spiro atoms. The van der Waals surface area contributed by atoms with Gasteiger partial charge in [-0.2, -0.15) is 0 Å². The minimum Gasteiger partial charge on any atom is -0.364 e. The number of nitrogens with zero attached hydrogens (tertiary/aromatic N) is 1. The zero-order valence-corrected chi connectivity index (χ0v) is 15.9. The van der Waals surface area contributed by atoms with E-state index in [-0.39, 0.29) is 5.25 Å². The fraction of sp³-hybridized carbons (Fsp3) is 0.600. The lowest BCUT2D eigenvalue weighted by Crippen LogP contribution is -2.18. The molecule has 1 aliphatic heterocycles. The topological polar surface area (TPSA) is 37.4 Å². The van der Waals surface area contributed by atoms with E-state index in [4.69, 9.17) is 0 Å². The van der Waals surface area contributed by atoms with E-state index < -0.39 is 9.84 Å². The fourth-order valence-corrected chi connectivity index (χ4v) is 4.04. The third-order valence-electron chi connectivity index (χ3n) is 4.73. The number of benzene rings is 1. The minimum atomic E-state index is -2.85. The van der Waals surface area contributed by atoms with Crippen LogP contribution in [0, 0.1) is 0 Å². The van der Waals surface area contributed by atoms with E-state index in [1.165, 1.54) is 24.1 Å². The third-order valence-corrected chi connectivity index (χ3v) is 7.03. The molecule has 1 heterocycles. The molecular weight excluding hydrogens is 318 g/mol. The predicted molar refractivity (Wildman–Crippen MR) is 104 cm³/mol. The second kappa shape index (κ2) is 9.26. The van der Waals surface area contributed by atoms with Gasteiger partial charge in [0.05, 0.1) is 11.0 Å². The highest BCUT2D eigenvalue weighted by Gasteiger charge is 2.14. The number of anilines is 1. The van der Waals surface area contributed by atoms with Gasteiger partial charge in [0.25, 0.3) is 0 Å². The van der Waals surface area contributed by atoms with Gasteiger partial charge in [0.2, 0.25) is 0 Å². The van der Waals surface area contributed by atoms with Crippen LogP contribution in [0.5, 0.6) is 0 Å². The lowest BCUT2D eigenvalue weighted by atomic mass is 10.1. The van der Waals surface area contributed by atoms with Crippen LogP contribution >= 0.6 is 0 Å². The maximum Gasteiger partial charge on any atom is 0.152 e. The summed E-state index contributed by atoms with van der Waals surface area (Å²) in [5.74, 6) is 0.345. The summed E-state index contributed by atoms with van der Waals surface area (Å²) in [6.07, 6.45) is 10.8. The zero-order valence-electron chi connectivity index (χ0n) is 15.1. The number of unbranched alkanes of at least 4 members (excludes halogenated alkanes) is 4. The Morgan fingerprint density at radius 3 is 2.12 bits per heavy atom. The minimum absolute atomic E-state index is 0.239. The number of rotatable bonds is 10. The molecule has 1 aromatic carbocycles. The Bertz CT molecular complexity index is 610. The molecule has 4 heteroatoms. The number of aryl methyl sites for hydroxylation is 1. The summed E-state index contributed by atoms with van der Waals surface area (Å²) in [4.78, 5) is 2.36. The normalized spacial score (nSPS) is 14.7. The van der Waals surface area contributed by atoms with E-state index in [2.05, 4.69) is 41.3 Å². The molecule has 1 aromatic rings. The molecule has 0 fully saturated rings.